The zero-order valence-corrected chi connectivity index (χ0v) is 20.9. The van der Waals surface area contributed by atoms with Crippen molar-refractivity contribution in [3.05, 3.63) is 65.2 Å². The second-order valence-corrected chi connectivity index (χ2v) is 11.2. The molecule has 4 nitrogen and oxygen atoms in total. The lowest BCUT2D eigenvalue weighted by atomic mass is 9.49. The van der Waals surface area contributed by atoms with Crippen molar-refractivity contribution in [1.29, 1.82) is 0 Å². The highest BCUT2D eigenvalue weighted by Gasteiger charge is 2.60. The van der Waals surface area contributed by atoms with E-state index in [1.807, 2.05) is 37.3 Å². The van der Waals surface area contributed by atoms with E-state index in [0.717, 1.165) is 43.7 Å². The second-order valence-electron chi connectivity index (χ2n) is 11.2. The third-order valence-electron chi connectivity index (χ3n) is 9.26. The molecular formula is C30H41NO3. The van der Waals surface area contributed by atoms with Gasteiger partial charge in [-0.15, -0.1) is 0 Å². The molecule has 1 unspecified atom stereocenters. The molecule has 4 heteroatoms. The zero-order chi connectivity index (χ0) is 23.8. The van der Waals surface area contributed by atoms with Gasteiger partial charge in [0, 0.05) is 12.0 Å². The quantitative estimate of drug-likeness (QED) is 0.619. The standard InChI is InChI=1S/C30H41NO3/c1-3-29-22-28(2,32)30(33,24-10-6-4-7-11-24)21-25(29)13-12-23-20-26(14-15-27(23)29)34-19-18-31-16-8-5-9-17-31/h4,6-7,10-11,14-15,20,25,32-33H,3,5,8-9,12-13,16-19,21-22H2,1-2H3/t25-,28?,29-,30-/m1/s1. The summed E-state index contributed by atoms with van der Waals surface area (Å²) in [4.78, 5) is 2.51. The molecule has 0 aromatic heterocycles. The molecule has 5 rings (SSSR count). The van der Waals surface area contributed by atoms with Crippen LogP contribution in [0.1, 0.15) is 75.5 Å². The maximum absolute atomic E-state index is 11.8. The predicted octanol–water partition coefficient (Wildman–Crippen LogP) is 5.19. The maximum Gasteiger partial charge on any atom is 0.119 e. The van der Waals surface area contributed by atoms with Gasteiger partial charge >= 0.3 is 0 Å². The summed E-state index contributed by atoms with van der Waals surface area (Å²) in [5, 5.41) is 23.6. The monoisotopic (exact) mass is 463 g/mol. The van der Waals surface area contributed by atoms with E-state index >= 15 is 0 Å². The number of hydrogen-bond acceptors (Lipinski definition) is 4. The summed E-state index contributed by atoms with van der Waals surface area (Å²) in [6.45, 7) is 8.21. The zero-order valence-electron chi connectivity index (χ0n) is 20.9. The summed E-state index contributed by atoms with van der Waals surface area (Å²) >= 11 is 0. The molecule has 0 bridgehead atoms. The minimum atomic E-state index is -1.23. The normalized spacial score (nSPS) is 33.7. The molecule has 2 aliphatic carbocycles. The number of benzene rings is 2. The Bertz CT molecular complexity index is 984. The summed E-state index contributed by atoms with van der Waals surface area (Å²) in [7, 11) is 0. The van der Waals surface area contributed by atoms with Gasteiger partial charge in [-0.25, -0.2) is 0 Å². The van der Waals surface area contributed by atoms with Crippen molar-refractivity contribution < 1.29 is 14.9 Å². The molecule has 1 heterocycles. The molecule has 34 heavy (non-hydrogen) atoms. The minimum Gasteiger partial charge on any atom is -0.492 e. The smallest absolute Gasteiger partial charge is 0.119 e. The highest BCUT2D eigenvalue weighted by Crippen LogP contribution is 2.60. The Morgan fingerprint density at radius 2 is 1.79 bits per heavy atom. The number of piperidine rings is 1. The summed E-state index contributed by atoms with van der Waals surface area (Å²) < 4.78 is 6.18. The Labute approximate surface area is 205 Å². The van der Waals surface area contributed by atoms with Crippen LogP contribution in [0, 0.1) is 5.92 Å². The lowest BCUT2D eigenvalue weighted by Crippen LogP contribution is -2.62. The number of likely N-dealkylation sites (tertiary alicyclic amines) is 1. The van der Waals surface area contributed by atoms with Crippen LogP contribution in [0.15, 0.2) is 48.5 Å². The number of nitrogens with zero attached hydrogens (tertiary/aromatic N) is 1. The highest BCUT2D eigenvalue weighted by molar-refractivity contribution is 5.45. The average Bonchev–Trinajstić information content (AvgIpc) is 2.86. The minimum absolute atomic E-state index is 0.121. The van der Waals surface area contributed by atoms with Crippen LogP contribution in [0.25, 0.3) is 0 Å². The van der Waals surface area contributed by atoms with Gasteiger partial charge in [0.2, 0.25) is 0 Å². The molecule has 2 aromatic carbocycles. The molecule has 3 aliphatic rings. The van der Waals surface area contributed by atoms with Gasteiger partial charge < -0.3 is 14.9 Å². The van der Waals surface area contributed by atoms with Crippen molar-refractivity contribution in [3.63, 3.8) is 0 Å². The topological polar surface area (TPSA) is 52.9 Å². The summed E-state index contributed by atoms with van der Waals surface area (Å²) in [6, 6.07) is 16.4. The fraction of sp³-hybridized carbons (Fsp3) is 0.600. The molecule has 2 fully saturated rings. The van der Waals surface area contributed by atoms with Crippen molar-refractivity contribution in [2.24, 2.45) is 5.92 Å². The summed E-state index contributed by atoms with van der Waals surface area (Å²) in [5.41, 5.74) is 0.975. The SMILES string of the molecule is CC[C@@]12CC(C)(O)[C@](O)(c3ccccc3)C[C@H]1CCc1cc(OCCN3CCCCC3)ccc12. The third-order valence-corrected chi connectivity index (χ3v) is 9.26. The van der Waals surface area contributed by atoms with Gasteiger partial charge in [-0.1, -0.05) is 49.7 Å². The van der Waals surface area contributed by atoms with Crippen LogP contribution in [0.4, 0.5) is 0 Å². The van der Waals surface area contributed by atoms with Crippen LogP contribution in [0.5, 0.6) is 5.75 Å². The predicted molar refractivity (Wildman–Crippen MR) is 136 cm³/mol. The van der Waals surface area contributed by atoms with Crippen LogP contribution in [0.3, 0.4) is 0 Å². The molecule has 1 saturated carbocycles. The fourth-order valence-corrected chi connectivity index (χ4v) is 7.27. The molecule has 2 aromatic rings. The lowest BCUT2D eigenvalue weighted by Gasteiger charge is -2.59. The van der Waals surface area contributed by atoms with Gasteiger partial charge in [-0.05, 0) is 99.7 Å². The van der Waals surface area contributed by atoms with Crippen molar-refractivity contribution in [2.75, 3.05) is 26.2 Å². The van der Waals surface area contributed by atoms with E-state index in [9.17, 15) is 10.2 Å². The molecule has 0 spiro atoms. The van der Waals surface area contributed by atoms with Gasteiger partial charge in [0.15, 0.2) is 0 Å². The molecule has 184 valence electrons. The first-order chi connectivity index (χ1) is 16.4. The summed E-state index contributed by atoms with van der Waals surface area (Å²) in [5.74, 6) is 1.30. The summed E-state index contributed by atoms with van der Waals surface area (Å²) in [6.07, 6.45) is 8.12. The van der Waals surface area contributed by atoms with Crippen LogP contribution in [-0.4, -0.2) is 47.0 Å². The largest absolute Gasteiger partial charge is 0.492 e. The van der Waals surface area contributed by atoms with E-state index in [4.69, 9.17) is 4.74 Å². The van der Waals surface area contributed by atoms with Crippen molar-refractivity contribution >= 4 is 0 Å². The van der Waals surface area contributed by atoms with E-state index in [1.165, 1.54) is 43.5 Å². The van der Waals surface area contributed by atoms with E-state index in [0.29, 0.717) is 18.8 Å². The van der Waals surface area contributed by atoms with E-state index in [2.05, 4.69) is 30.0 Å². The molecular weight excluding hydrogens is 422 g/mol. The van der Waals surface area contributed by atoms with Gasteiger partial charge in [0.25, 0.3) is 0 Å². The van der Waals surface area contributed by atoms with Crippen LogP contribution >= 0.6 is 0 Å². The number of aliphatic hydroxyl groups is 2. The Hall–Kier alpha value is -1.88. The Morgan fingerprint density at radius 3 is 2.53 bits per heavy atom. The molecule has 1 aliphatic heterocycles. The van der Waals surface area contributed by atoms with Gasteiger partial charge in [0.1, 0.15) is 18.0 Å². The number of ether oxygens (including phenoxy) is 1. The fourth-order valence-electron chi connectivity index (χ4n) is 7.27. The third kappa shape index (κ3) is 4.08. The van der Waals surface area contributed by atoms with Crippen molar-refractivity contribution in [2.45, 2.75) is 81.8 Å². The number of aryl methyl sites for hydroxylation is 1. The highest BCUT2D eigenvalue weighted by atomic mass is 16.5. The average molecular weight is 464 g/mol. The Kier molecular flexibility index (Phi) is 6.52. The van der Waals surface area contributed by atoms with E-state index < -0.39 is 11.2 Å². The Balaban J connectivity index is 1.37. The molecule has 0 radical (unpaired) electrons. The van der Waals surface area contributed by atoms with Gasteiger partial charge in [-0.2, -0.15) is 0 Å². The number of rotatable bonds is 6. The molecule has 1 saturated heterocycles. The van der Waals surface area contributed by atoms with Crippen molar-refractivity contribution in [3.8, 4) is 5.75 Å². The first-order valence-corrected chi connectivity index (χ1v) is 13.4. The van der Waals surface area contributed by atoms with Crippen LogP contribution in [0.2, 0.25) is 0 Å². The molecule has 0 amide bonds. The number of hydrogen-bond donors (Lipinski definition) is 2. The lowest BCUT2D eigenvalue weighted by molar-refractivity contribution is -0.205. The molecule has 2 N–H and O–H groups in total. The first-order valence-electron chi connectivity index (χ1n) is 13.4. The van der Waals surface area contributed by atoms with E-state index in [-0.39, 0.29) is 5.41 Å². The molecule has 4 atom stereocenters. The first kappa shape index (κ1) is 23.8. The van der Waals surface area contributed by atoms with Gasteiger partial charge in [0.05, 0.1) is 5.60 Å². The van der Waals surface area contributed by atoms with Crippen LogP contribution < -0.4 is 4.74 Å². The Morgan fingerprint density at radius 1 is 1.03 bits per heavy atom. The number of fused-ring (bicyclic) bond motifs is 3. The van der Waals surface area contributed by atoms with Crippen molar-refractivity contribution in [1.82, 2.24) is 4.90 Å². The second kappa shape index (κ2) is 9.29. The van der Waals surface area contributed by atoms with E-state index in [1.54, 1.807) is 0 Å². The maximum atomic E-state index is 11.8. The van der Waals surface area contributed by atoms with Crippen LogP contribution in [-0.2, 0) is 17.4 Å². The van der Waals surface area contributed by atoms with Gasteiger partial charge in [-0.3, -0.25) is 4.90 Å².